The third-order valence-electron chi connectivity index (χ3n) is 4.99. The van der Waals surface area contributed by atoms with Gasteiger partial charge in [-0.05, 0) is 78.8 Å². The molecule has 0 spiro atoms. The number of hydrogen-bond acceptors (Lipinski definition) is 3. The molecule has 0 unspecified atom stereocenters. The first kappa shape index (κ1) is 18.9. The zero-order chi connectivity index (χ0) is 15.7. The van der Waals surface area contributed by atoms with E-state index in [1.54, 1.807) is 0 Å². The van der Waals surface area contributed by atoms with Gasteiger partial charge in [0.1, 0.15) is 0 Å². The molecule has 0 saturated heterocycles. The van der Waals surface area contributed by atoms with E-state index in [0.29, 0.717) is 5.54 Å². The van der Waals surface area contributed by atoms with E-state index in [-0.39, 0.29) is 0 Å². The van der Waals surface area contributed by atoms with Crippen LogP contribution in [0.4, 0.5) is 0 Å². The summed E-state index contributed by atoms with van der Waals surface area (Å²) in [5, 5.41) is 3.53. The van der Waals surface area contributed by atoms with Gasteiger partial charge in [0.25, 0.3) is 0 Å². The van der Waals surface area contributed by atoms with E-state index < -0.39 is 0 Å². The lowest BCUT2D eigenvalue weighted by Gasteiger charge is -2.49. The SMILES string of the molecule is CC(C)CNCCCCCCN(C)CC1(N(C)C)CCC1. The minimum atomic E-state index is 0.482. The maximum absolute atomic E-state index is 3.53. The Bertz CT molecular complexity index is 259. The van der Waals surface area contributed by atoms with Crippen LogP contribution in [0.5, 0.6) is 0 Å². The summed E-state index contributed by atoms with van der Waals surface area (Å²) in [4.78, 5) is 5.00. The van der Waals surface area contributed by atoms with E-state index in [9.17, 15) is 0 Å². The Morgan fingerprint density at radius 2 is 1.67 bits per heavy atom. The number of unbranched alkanes of at least 4 members (excludes halogenated alkanes) is 3. The molecule has 0 atom stereocenters. The Hall–Kier alpha value is -0.120. The molecule has 1 rings (SSSR count). The van der Waals surface area contributed by atoms with Crippen LogP contribution >= 0.6 is 0 Å². The molecule has 1 saturated carbocycles. The monoisotopic (exact) mass is 297 g/mol. The highest BCUT2D eigenvalue weighted by molar-refractivity contribution is 4.97. The third-order valence-corrected chi connectivity index (χ3v) is 4.99. The van der Waals surface area contributed by atoms with Crippen molar-refractivity contribution in [2.45, 2.75) is 64.3 Å². The topological polar surface area (TPSA) is 18.5 Å². The number of likely N-dealkylation sites (N-methyl/N-ethyl adjacent to an activating group) is 2. The minimum Gasteiger partial charge on any atom is -0.316 e. The summed E-state index contributed by atoms with van der Waals surface area (Å²) in [7, 11) is 6.79. The highest BCUT2D eigenvalue weighted by atomic mass is 15.2. The molecule has 0 radical (unpaired) electrons. The molecule has 1 fully saturated rings. The molecule has 3 nitrogen and oxygen atoms in total. The standard InChI is InChI=1S/C18H39N3/c1-17(2)15-19-13-8-6-7-9-14-21(5)16-18(20(3)4)11-10-12-18/h17,19H,6-16H2,1-5H3. The van der Waals surface area contributed by atoms with Crippen molar-refractivity contribution >= 4 is 0 Å². The Labute approximate surface area is 133 Å². The van der Waals surface area contributed by atoms with Crippen LogP contribution in [0, 0.1) is 5.92 Å². The Balaban J connectivity index is 1.97. The molecule has 0 aromatic heterocycles. The first-order valence-corrected chi connectivity index (χ1v) is 9.03. The van der Waals surface area contributed by atoms with Crippen LogP contribution in [0.1, 0.15) is 58.8 Å². The van der Waals surface area contributed by atoms with Gasteiger partial charge in [0.05, 0.1) is 0 Å². The van der Waals surface area contributed by atoms with Crippen LogP contribution in [-0.4, -0.2) is 62.7 Å². The number of hydrogen-bond donors (Lipinski definition) is 1. The van der Waals surface area contributed by atoms with Gasteiger partial charge in [0.15, 0.2) is 0 Å². The molecule has 1 aliphatic carbocycles. The van der Waals surface area contributed by atoms with E-state index >= 15 is 0 Å². The van der Waals surface area contributed by atoms with E-state index in [1.807, 2.05) is 0 Å². The second-order valence-electron chi connectivity index (χ2n) is 7.72. The summed E-state index contributed by atoms with van der Waals surface area (Å²) < 4.78 is 0. The summed E-state index contributed by atoms with van der Waals surface area (Å²) in [6.07, 6.45) is 9.61. The normalized spacial score (nSPS) is 17.7. The second kappa shape index (κ2) is 9.81. The average molecular weight is 298 g/mol. The van der Waals surface area contributed by atoms with Crippen molar-refractivity contribution in [1.82, 2.24) is 15.1 Å². The van der Waals surface area contributed by atoms with Crippen molar-refractivity contribution in [3.63, 3.8) is 0 Å². The van der Waals surface area contributed by atoms with E-state index in [2.05, 4.69) is 50.1 Å². The van der Waals surface area contributed by atoms with Crippen molar-refractivity contribution in [3.05, 3.63) is 0 Å². The van der Waals surface area contributed by atoms with Crippen LogP contribution in [-0.2, 0) is 0 Å². The van der Waals surface area contributed by atoms with Crippen molar-refractivity contribution in [2.24, 2.45) is 5.92 Å². The molecule has 0 amide bonds. The first-order valence-electron chi connectivity index (χ1n) is 9.03. The van der Waals surface area contributed by atoms with Gasteiger partial charge in [0, 0.05) is 12.1 Å². The summed E-state index contributed by atoms with van der Waals surface area (Å²) in [6, 6.07) is 0. The van der Waals surface area contributed by atoms with Gasteiger partial charge in [-0.1, -0.05) is 26.7 Å². The maximum Gasteiger partial charge on any atom is 0.0330 e. The van der Waals surface area contributed by atoms with Gasteiger partial charge in [-0.3, -0.25) is 0 Å². The van der Waals surface area contributed by atoms with Crippen LogP contribution in [0.15, 0.2) is 0 Å². The van der Waals surface area contributed by atoms with Gasteiger partial charge in [-0.25, -0.2) is 0 Å². The molecule has 0 bridgehead atoms. The quantitative estimate of drug-likeness (QED) is 0.558. The molecule has 0 aromatic rings. The first-order chi connectivity index (χ1) is 9.96. The molecule has 0 heterocycles. The van der Waals surface area contributed by atoms with Gasteiger partial charge in [-0.15, -0.1) is 0 Å². The highest BCUT2D eigenvalue weighted by Crippen LogP contribution is 2.36. The Morgan fingerprint density at radius 1 is 1.00 bits per heavy atom. The summed E-state index contributed by atoms with van der Waals surface area (Å²) in [5.74, 6) is 0.772. The lowest BCUT2D eigenvalue weighted by Crippen LogP contribution is -2.56. The summed E-state index contributed by atoms with van der Waals surface area (Å²) in [6.45, 7) is 9.40. The van der Waals surface area contributed by atoms with Crippen molar-refractivity contribution in [3.8, 4) is 0 Å². The highest BCUT2D eigenvalue weighted by Gasteiger charge is 2.39. The van der Waals surface area contributed by atoms with Crippen molar-refractivity contribution in [1.29, 1.82) is 0 Å². The van der Waals surface area contributed by atoms with Crippen LogP contribution in [0.2, 0.25) is 0 Å². The van der Waals surface area contributed by atoms with Crippen LogP contribution in [0.25, 0.3) is 0 Å². The smallest absolute Gasteiger partial charge is 0.0330 e. The van der Waals surface area contributed by atoms with Crippen molar-refractivity contribution < 1.29 is 0 Å². The summed E-state index contributed by atoms with van der Waals surface area (Å²) in [5.41, 5.74) is 0.482. The maximum atomic E-state index is 3.53. The largest absolute Gasteiger partial charge is 0.316 e. The van der Waals surface area contributed by atoms with Gasteiger partial charge >= 0.3 is 0 Å². The van der Waals surface area contributed by atoms with E-state index in [0.717, 1.165) is 12.5 Å². The Morgan fingerprint density at radius 3 is 2.19 bits per heavy atom. The van der Waals surface area contributed by atoms with Crippen LogP contribution in [0.3, 0.4) is 0 Å². The fraction of sp³-hybridized carbons (Fsp3) is 1.00. The van der Waals surface area contributed by atoms with Gasteiger partial charge in [-0.2, -0.15) is 0 Å². The van der Waals surface area contributed by atoms with Gasteiger partial charge < -0.3 is 15.1 Å². The minimum absolute atomic E-state index is 0.482. The molecule has 126 valence electrons. The molecule has 0 aromatic carbocycles. The Kier molecular flexibility index (Phi) is 8.84. The van der Waals surface area contributed by atoms with Gasteiger partial charge in [0.2, 0.25) is 0 Å². The van der Waals surface area contributed by atoms with E-state index in [4.69, 9.17) is 0 Å². The number of nitrogens with zero attached hydrogens (tertiary/aromatic N) is 2. The molecule has 21 heavy (non-hydrogen) atoms. The fourth-order valence-corrected chi connectivity index (χ4v) is 3.29. The summed E-state index contributed by atoms with van der Waals surface area (Å²) >= 11 is 0. The molecule has 1 N–H and O–H groups in total. The zero-order valence-corrected chi connectivity index (χ0v) is 15.2. The van der Waals surface area contributed by atoms with Crippen LogP contribution < -0.4 is 5.32 Å². The predicted molar refractivity (Wildman–Crippen MR) is 93.9 cm³/mol. The predicted octanol–water partition coefficient (Wildman–Crippen LogP) is 3.21. The number of nitrogens with one attached hydrogen (secondary N) is 1. The molecular weight excluding hydrogens is 258 g/mol. The molecule has 0 aliphatic heterocycles. The van der Waals surface area contributed by atoms with Crippen molar-refractivity contribution in [2.75, 3.05) is 47.3 Å². The van der Waals surface area contributed by atoms with E-state index in [1.165, 1.54) is 64.6 Å². The zero-order valence-electron chi connectivity index (χ0n) is 15.2. The molecule has 3 heteroatoms. The second-order valence-corrected chi connectivity index (χ2v) is 7.72. The average Bonchev–Trinajstić information content (AvgIpc) is 2.36. The number of rotatable bonds is 12. The lowest BCUT2D eigenvalue weighted by molar-refractivity contribution is 0.0275. The lowest BCUT2D eigenvalue weighted by atomic mass is 9.75. The fourth-order valence-electron chi connectivity index (χ4n) is 3.29. The molecular formula is C18H39N3. The molecule has 1 aliphatic rings. The third kappa shape index (κ3) is 7.12.